The number of aromatic nitrogens is 2. The molecule has 2 aromatic carbocycles. The summed E-state index contributed by atoms with van der Waals surface area (Å²) >= 11 is 0. The van der Waals surface area contributed by atoms with Crippen molar-refractivity contribution in [3.05, 3.63) is 75.9 Å². The van der Waals surface area contributed by atoms with E-state index in [9.17, 15) is 15.2 Å². The molecule has 8 heteroatoms. The molecule has 0 spiro atoms. The summed E-state index contributed by atoms with van der Waals surface area (Å²) in [7, 11) is 1.88. The van der Waals surface area contributed by atoms with Gasteiger partial charge >= 0.3 is 0 Å². The number of hydrogen-bond acceptors (Lipinski definition) is 6. The van der Waals surface area contributed by atoms with E-state index in [2.05, 4.69) is 10.1 Å². The maximum atomic E-state index is 11.0. The van der Waals surface area contributed by atoms with Crippen LogP contribution in [0.1, 0.15) is 17.0 Å². The highest BCUT2D eigenvalue weighted by atomic mass is 16.6. The standard InChI is InChI=1S/C18H16N4O4/c1-21-6-5-19-17(21)9-12-7-14(11-20-24)18(23)16(8-12)13-3-2-4-15(10-13)22(25)26/h2-8,10-11,23-24H,9H2,1H3/b20-11+. The van der Waals surface area contributed by atoms with Gasteiger partial charge in [0, 0.05) is 49.1 Å². The Bertz CT molecular complexity index is 995. The molecule has 1 heterocycles. The van der Waals surface area contributed by atoms with Crippen LogP contribution in [0.15, 0.2) is 53.9 Å². The average Bonchev–Trinajstić information content (AvgIpc) is 3.02. The molecule has 0 saturated heterocycles. The predicted octanol–water partition coefficient (Wildman–Crippen LogP) is 3.10. The summed E-state index contributed by atoms with van der Waals surface area (Å²) in [6.45, 7) is 0. The smallest absolute Gasteiger partial charge is 0.270 e. The number of nitro benzene ring substituents is 1. The first-order chi connectivity index (χ1) is 12.5. The molecule has 0 atom stereocenters. The van der Waals surface area contributed by atoms with Crippen LogP contribution in [0.3, 0.4) is 0 Å². The number of phenols is 1. The van der Waals surface area contributed by atoms with Crippen LogP contribution in [0.2, 0.25) is 0 Å². The van der Waals surface area contributed by atoms with Crippen molar-refractivity contribution in [2.75, 3.05) is 0 Å². The number of phenolic OH excluding ortho intramolecular Hbond substituents is 1. The van der Waals surface area contributed by atoms with Crippen molar-refractivity contribution >= 4 is 11.9 Å². The van der Waals surface area contributed by atoms with Crippen LogP contribution in [0.4, 0.5) is 5.69 Å². The molecule has 3 rings (SSSR count). The fraction of sp³-hybridized carbons (Fsp3) is 0.111. The molecule has 0 saturated carbocycles. The molecule has 0 unspecified atom stereocenters. The Morgan fingerprint density at radius 1 is 1.35 bits per heavy atom. The minimum absolute atomic E-state index is 0.0752. The first kappa shape index (κ1) is 17.2. The number of benzene rings is 2. The third kappa shape index (κ3) is 3.39. The van der Waals surface area contributed by atoms with Gasteiger partial charge in [0.1, 0.15) is 11.6 Å². The lowest BCUT2D eigenvalue weighted by Gasteiger charge is -2.11. The molecule has 2 N–H and O–H groups in total. The van der Waals surface area contributed by atoms with E-state index in [0.29, 0.717) is 23.1 Å². The summed E-state index contributed by atoms with van der Waals surface area (Å²) in [6, 6.07) is 9.43. The molecule has 0 aliphatic rings. The van der Waals surface area contributed by atoms with Crippen LogP contribution in [-0.4, -0.2) is 31.0 Å². The highest BCUT2D eigenvalue weighted by Gasteiger charge is 2.15. The fourth-order valence-corrected chi connectivity index (χ4v) is 2.74. The molecule has 0 radical (unpaired) electrons. The lowest BCUT2D eigenvalue weighted by Crippen LogP contribution is -2.00. The third-order valence-electron chi connectivity index (χ3n) is 4.05. The van der Waals surface area contributed by atoms with Crippen molar-refractivity contribution in [2.45, 2.75) is 6.42 Å². The Labute approximate surface area is 148 Å². The summed E-state index contributed by atoms with van der Waals surface area (Å²) in [5.41, 5.74) is 1.95. The molecule has 0 bridgehead atoms. The number of non-ortho nitro benzene ring substituents is 1. The van der Waals surface area contributed by atoms with Crippen molar-refractivity contribution in [2.24, 2.45) is 12.2 Å². The van der Waals surface area contributed by atoms with Gasteiger partial charge < -0.3 is 14.9 Å². The number of hydrogen-bond donors (Lipinski definition) is 2. The lowest BCUT2D eigenvalue weighted by atomic mass is 9.96. The maximum Gasteiger partial charge on any atom is 0.270 e. The van der Waals surface area contributed by atoms with E-state index >= 15 is 0 Å². The number of aryl methyl sites for hydroxylation is 1. The molecule has 132 valence electrons. The summed E-state index contributed by atoms with van der Waals surface area (Å²) < 4.78 is 1.87. The van der Waals surface area contributed by atoms with Gasteiger partial charge in [0.15, 0.2) is 0 Å². The minimum Gasteiger partial charge on any atom is -0.507 e. The largest absolute Gasteiger partial charge is 0.507 e. The van der Waals surface area contributed by atoms with Gasteiger partial charge in [-0.05, 0) is 23.3 Å². The van der Waals surface area contributed by atoms with E-state index in [-0.39, 0.29) is 11.4 Å². The molecule has 0 amide bonds. The van der Waals surface area contributed by atoms with Gasteiger partial charge in [-0.25, -0.2) is 4.98 Å². The average molecular weight is 352 g/mol. The monoisotopic (exact) mass is 352 g/mol. The Morgan fingerprint density at radius 3 is 2.81 bits per heavy atom. The summed E-state index contributed by atoms with van der Waals surface area (Å²) in [4.78, 5) is 14.8. The zero-order valence-electron chi connectivity index (χ0n) is 13.9. The highest BCUT2D eigenvalue weighted by molar-refractivity contribution is 5.89. The molecule has 0 aliphatic carbocycles. The zero-order valence-corrected chi connectivity index (χ0v) is 13.9. The number of nitro groups is 1. The predicted molar refractivity (Wildman–Crippen MR) is 95.6 cm³/mol. The van der Waals surface area contributed by atoms with E-state index < -0.39 is 4.92 Å². The topological polar surface area (TPSA) is 114 Å². The summed E-state index contributed by atoms with van der Waals surface area (Å²) in [5.74, 6) is 0.694. The molecule has 26 heavy (non-hydrogen) atoms. The van der Waals surface area contributed by atoms with Crippen LogP contribution in [0.5, 0.6) is 5.75 Å². The molecular weight excluding hydrogens is 336 g/mol. The second-order valence-electron chi connectivity index (χ2n) is 5.76. The highest BCUT2D eigenvalue weighted by Crippen LogP contribution is 2.35. The Kier molecular flexibility index (Phi) is 4.66. The van der Waals surface area contributed by atoms with Crippen LogP contribution in [0, 0.1) is 10.1 Å². The van der Waals surface area contributed by atoms with E-state index in [4.69, 9.17) is 5.21 Å². The lowest BCUT2D eigenvalue weighted by molar-refractivity contribution is -0.384. The fourth-order valence-electron chi connectivity index (χ4n) is 2.74. The van der Waals surface area contributed by atoms with Gasteiger partial charge in [-0.2, -0.15) is 0 Å². The molecule has 0 fully saturated rings. The molecule has 8 nitrogen and oxygen atoms in total. The quantitative estimate of drug-likeness (QED) is 0.317. The zero-order chi connectivity index (χ0) is 18.7. The third-order valence-corrected chi connectivity index (χ3v) is 4.05. The minimum atomic E-state index is -0.492. The van der Waals surface area contributed by atoms with Crippen LogP contribution < -0.4 is 0 Å². The Hall–Kier alpha value is -3.68. The van der Waals surface area contributed by atoms with Crippen molar-refractivity contribution in [3.8, 4) is 16.9 Å². The summed E-state index contributed by atoms with van der Waals surface area (Å²) in [6.07, 6.45) is 5.12. The van der Waals surface area contributed by atoms with Crippen LogP contribution in [-0.2, 0) is 13.5 Å². The second-order valence-corrected chi connectivity index (χ2v) is 5.76. The SMILES string of the molecule is Cn1ccnc1Cc1cc(/C=N/O)c(O)c(-c2cccc([N+](=O)[O-])c2)c1. The van der Waals surface area contributed by atoms with Crippen molar-refractivity contribution in [1.29, 1.82) is 0 Å². The summed E-state index contributed by atoms with van der Waals surface area (Å²) in [5, 5.41) is 33.4. The maximum absolute atomic E-state index is 11.0. The van der Waals surface area contributed by atoms with E-state index in [1.807, 2.05) is 17.8 Å². The molecular formula is C18H16N4O4. The number of oxime groups is 1. The molecule has 1 aromatic heterocycles. The van der Waals surface area contributed by atoms with Gasteiger partial charge in [-0.1, -0.05) is 17.3 Å². The van der Waals surface area contributed by atoms with Crippen molar-refractivity contribution in [3.63, 3.8) is 0 Å². The van der Waals surface area contributed by atoms with Crippen molar-refractivity contribution < 1.29 is 15.2 Å². The number of rotatable bonds is 5. The van der Waals surface area contributed by atoms with Crippen LogP contribution >= 0.6 is 0 Å². The molecule has 3 aromatic rings. The number of nitrogens with zero attached hydrogens (tertiary/aromatic N) is 4. The van der Waals surface area contributed by atoms with Gasteiger partial charge in [0.05, 0.1) is 11.1 Å². The Morgan fingerprint density at radius 2 is 2.15 bits per heavy atom. The van der Waals surface area contributed by atoms with E-state index in [1.165, 1.54) is 12.1 Å². The van der Waals surface area contributed by atoms with E-state index in [1.54, 1.807) is 30.5 Å². The van der Waals surface area contributed by atoms with Gasteiger partial charge in [0.2, 0.25) is 0 Å². The first-order valence-corrected chi connectivity index (χ1v) is 7.74. The van der Waals surface area contributed by atoms with Gasteiger partial charge in [0.25, 0.3) is 5.69 Å². The van der Waals surface area contributed by atoms with E-state index in [0.717, 1.165) is 17.6 Å². The first-order valence-electron chi connectivity index (χ1n) is 7.74. The normalized spacial score (nSPS) is 11.1. The molecule has 0 aliphatic heterocycles. The van der Waals surface area contributed by atoms with Crippen molar-refractivity contribution in [1.82, 2.24) is 9.55 Å². The van der Waals surface area contributed by atoms with Gasteiger partial charge in [-0.3, -0.25) is 10.1 Å². The number of aromatic hydroxyl groups is 1. The number of imidazole rings is 1. The van der Waals surface area contributed by atoms with Gasteiger partial charge in [-0.15, -0.1) is 0 Å². The second kappa shape index (κ2) is 7.06. The Balaban J connectivity index is 2.13. The van der Waals surface area contributed by atoms with Crippen LogP contribution in [0.25, 0.3) is 11.1 Å².